The van der Waals surface area contributed by atoms with Gasteiger partial charge >= 0.3 is 0 Å². The van der Waals surface area contributed by atoms with Gasteiger partial charge in [-0.25, -0.2) is 15.0 Å². The molecule has 0 aliphatic heterocycles. The van der Waals surface area contributed by atoms with E-state index in [1.54, 1.807) is 0 Å². The van der Waals surface area contributed by atoms with Crippen LogP contribution in [0.5, 0.6) is 0 Å². The van der Waals surface area contributed by atoms with Crippen molar-refractivity contribution < 1.29 is 0 Å². The van der Waals surface area contributed by atoms with E-state index in [-0.39, 0.29) is 0 Å². The number of para-hydroxylation sites is 3. The molecule has 12 aromatic rings. The Morgan fingerprint density at radius 3 is 1.18 bits per heavy atom. The lowest BCUT2D eigenvalue weighted by Gasteiger charge is -2.12. The molecule has 290 valence electrons. The van der Waals surface area contributed by atoms with Crippen LogP contribution in [0.25, 0.3) is 111 Å². The number of hydrogen-bond acceptors (Lipinski definition) is 3. The Hall–Kier alpha value is -8.41. The van der Waals surface area contributed by atoms with Gasteiger partial charge in [-0.2, -0.15) is 0 Å². The molecule has 0 aliphatic carbocycles. The summed E-state index contributed by atoms with van der Waals surface area (Å²) in [6.45, 7) is 0. The van der Waals surface area contributed by atoms with Gasteiger partial charge in [0.1, 0.15) is 0 Å². The summed E-state index contributed by atoms with van der Waals surface area (Å²) in [5, 5.41) is 4.91. The largest absolute Gasteiger partial charge is 0.309 e. The fraction of sp³-hybridized carbons (Fsp3) is 0. The Bertz CT molecular complexity index is 3550. The van der Waals surface area contributed by atoms with Crippen molar-refractivity contribution in [2.45, 2.75) is 0 Å². The van der Waals surface area contributed by atoms with E-state index in [0.717, 1.165) is 44.7 Å². The fourth-order valence-electron chi connectivity index (χ4n) is 9.20. The zero-order valence-electron chi connectivity index (χ0n) is 33.6. The predicted octanol–water partition coefficient (Wildman–Crippen LogP) is 14.4. The summed E-state index contributed by atoms with van der Waals surface area (Å²) in [5.74, 6) is 1.94. The molecule has 0 bridgehead atoms. The van der Waals surface area contributed by atoms with Gasteiger partial charge in [-0.1, -0.05) is 176 Å². The molecule has 0 radical (unpaired) electrons. The molecule has 0 unspecified atom stereocenters. The van der Waals surface area contributed by atoms with Crippen LogP contribution in [0.15, 0.2) is 224 Å². The quantitative estimate of drug-likeness (QED) is 0.162. The maximum absolute atomic E-state index is 4.98. The third-order valence-corrected chi connectivity index (χ3v) is 12.0. The molecule has 0 atom stereocenters. The van der Waals surface area contributed by atoms with Gasteiger partial charge in [0.2, 0.25) is 0 Å². The molecular weight excluding hydrogens is 755 g/mol. The second-order valence-electron chi connectivity index (χ2n) is 15.6. The first-order chi connectivity index (χ1) is 30.8. The SMILES string of the molecule is c1ccc(-c2nc(-c3ccccc3)nc(-c3ccc(-c4cccc5c4c4ccccc4n5-c4cccc(-c5cccc6c5c5ccccc5n6-c5ccccc5)c4)cc3)n2)cc1. The van der Waals surface area contributed by atoms with Gasteiger partial charge in [-0.3, -0.25) is 0 Å². The van der Waals surface area contributed by atoms with Gasteiger partial charge in [0.15, 0.2) is 17.5 Å². The van der Waals surface area contributed by atoms with Gasteiger partial charge in [-0.05, 0) is 70.8 Å². The van der Waals surface area contributed by atoms with Crippen LogP contribution >= 0.6 is 0 Å². The van der Waals surface area contributed by atoms with Crippen molar-refractivity contribution in [3.63, 3.8) is 0 Å². The van der Waals surface area contributed by atoms with Crippen LogP contribution in [-0.4, -0.2) is 24.1 Å². The summed E-state index contributed by atoms with van der Waals surface area (Å²) in [7, 11) is 0. The first kappa shape index (κ1) is 35.5. The summed E-state index contributed by atoms with van der Waals surface area (Å²) in [4.78, 5) is 14.8. The normalized spacial score (nSPS) is 11.5. The van der Waals surface area contributed by atoms with Gasteiger partial charge in [0.05, 0.1) is 22.1 Å². The van der Waals surface area contributed by atoms with Crippen LogP contribution in [0.4, 0.5) is 0 Å². The summed E-state index contributed by atoms with van der Waals surface area (Å²) >= 11 is 0. The molecule has 3 heterocycles. The van der Waals surface area contributed by atoms with E-state index in [1.807, 2.05) is 60.7 Å². The summed E-state index contributed by atoms with van der Waals surface area (Å²) < 4.78 is 4.80. The molecule has 5 nitrogen and oxygen atoms in total. The van der Waals surface area contributed by atoms with Crippen molar-refractivity contribution in [1.82, 2.24) is 24.1 Å². The van der Waals surface area contributed by atoms with Crippen molar-refractivity contribution in [2.75, 3.05) is 0 Å². The highest BCUT2D eigenvalue weighted by atomic mass is 15.0. The third kappa shape index (κ3) is 5.90. The smallest absolute Gasteiger partial charge is 0.164 e. The Morgan fingerprint density at radius 2 is 0.629 bits per heavy atom. The molecule has 0 saturated carbocycles. The van der Waals surface area contributed by atoms with Crippen LogP contribution in [0.2, 0.25) is 0 Å². The van der Waals surface area contributed by atoms with Crippen LogP contribution in [0.1, 0.15) is 0 Å². The monoisotopic (exact) mass is 791 g/mol. The lowest BCUT2D eigenvalue weighted by molar-refractivity contribution is 1.07. The van der Waals surface area contributed by atoms with Crippen molar-refractivity contribution in [1.29, 1.82) is 0 Å². The van der Waals surface area contributed by atoms with E-state index in [0.29, 0.717) is 17.5 Å². The topological polar surface area (TPSA) is 48.5 Å². The number of benzene rings is 9. The second kappa shape index (κ2) is 14.7. The predicted molar refractivity (Wildman–Crippen MR) is 256 cm³/mol. The Labute approximate surface area is 358 Å². The maximum atomic E-state index is 4.98. The maximum Gasteiger partial charge on any atom is 0.164 e. The van der Waals surface area contributed by atoms with Crippen LogP contribution in [0.3, 0.4) is 0 Å². The number of fused-ring (bicyclic) bond motifs is 6. The molecule has 9 aromatic carbocycles. The van der Waals surface area contributed by atoms with Gasteiger partial charge in [-0.15, -0.1) is 0 Å². The number of nitrogens with zero attached hydrogens (tertiary/aromatic N) is 5. The van der Waals surface area contributed by atoms with Crippen LogP contribution < -0.4 is 0 Å². The van der Waals surface area contributed by atoms with Crippen LogP contribution in [0, 0.1) is 0 Å². The van der Waals surface area contributed by atoms with E-state index in [4.69, 9.17) is 15.0 Å². The molecule has 5 heteroatoms. The van der Waals surface area contributed by atoms with Crippen molar-refractivity contribution in [3.8, 4) is 67.8 Å². The van der Waals surface area contributed by atoms with Crippen molar-refractivity contribution in [2.24, 2.45) is 0 Å². The minimum atomic E-state index is 0.638. The standard InChI is InChI=1S/C57H37N5/c1-4-17-39(18-5-1)55-58-56(40-19-6-2-7-20-40)60-57(59-55)41-35-33-38(34-36-41)45-27-15-32-52-53(45)48-26-11-13-30-50(48)62(52)44-24-14-21-42(37-44)46-28-16-31-51-54(46)47-25-10-12-29-49(47)61(51)43-22-8-3-9-23-43/h1-37H. The Morgan fingerprint density at radius 1 is 0.258 bits per heavy atom. The molecule has 62 heavy (non-hydrogen) atoms. The molecule has 0 fully saturated rings. The second-order valence-corrected chi connectivity index (χ2v) is 15.6. The zero-order chi connectivity index (χ0) is 41.0. The van der Waals surface area contributed by atoms with E-state index in [2.05, 4.69) is 173 Å². The molecule has 0 saturated heterocycles. The average Bonchev–Trinajstić information content (AvgIpc) is 3.88. The molecule has 0 spiro atoms. The average molecular weight is 792 g/mol. The third-order valence-electron chi connectivity index (χ3n) is 12.0. The first-order valence-electron chi connectivity index (χ1n) is 21.0. The lowest BCUT2D eigenvalue weighted by atomic mass is 9.98. The molecular formula is C57H37N5. The lowest BCUT2D eigenvalue weighted by Crippen LogP contribution is -2.00. The van der Waals surface area contributed by atoms with Gasteiger partial charge in [0.25, 0.3) is 0 Å². The number of rotatable bonds is 7. The Kier molecular flexibility index (Phi) is 8.42. The van der Waals surface area contributed by atoms with E-state index < -0.39 is 0 Å². The van der Waals surface area contributed by atoms with E-state index >= 15 is 0 Å². The molecule has 0 aliphatic rings. The Balaban J connectivity index is 0.977. The minimum Gasteiger partial charge on any atom is -0.309 e. The molecule has 3 aromatic heterocycles. The summed E-state index contributed by atoms with van der Waals surface area (Å²) in [6.07, 6.45) is 0. The number of hydrogen-bond donors (Lipinski definition) is 0. The van der Waals surface area contributed by atoms with E-state index in [9.17, 15) is 0 Å². The highest BCUT2D eigenvalue weighted by Crippen LogP contribution is 2.42. The van der Waals surface area contributed by atoms with Gasteiger partial charge in [0, 0.05) is 49.6 Å². The molecule has 0 amide bonds. The zero-order valence-corrected chi connectivity index (χ0v) is 33.6. The summed E-state index contributed by atoms with van der Waals surface area (Å²) in [5.41, 5.74) is 14.5. The van der Waals surface area contributed by atoms with E-state index in [1.165, 1.54) is 49.3 Å². The van der Waals surface area contributed by atoms with Crippen molar-refractivity contribution >= 4 is 43.6 Å². The minimum absolute atomic E-state index is 0.638. The van der Waals surface area contributed by atoms with Crippen LogP contribution in [-0.2, 0) is 0 Å². The van der Waals surface area contributed by atoms with Gasteiger partial charge < -0.3 is 9.13 Å². The summed E-state index contributed by atoms with van der Waals surface area (Å²) in [6, 6.07) is 79.4. The first-order valence-corrected chi connectivity index (χ1v) is 21.0. The molecule has 0 N–H and O–H groups in total. The van der Waals surface area contributed by atoms with Crippen molar-refractivity contribution in [3.05, 3.63) is 224 Å². The highest BCUT2D eigenvalue weighted by Gasteiger charge is 2.20. The highest BCUT2D eigenvalue weighted by molar-refractivity contribution is 6.17. The number of aromatic nitrogens is 5. The fourth-order valence-corrected chi connectivity index (χ4v) is 9.20. The molecule has 12 rings (SSSR count).